The van der Waals surface area contributed by atoms with Gasteiger partial charge in [0.15, 0.2) is 0 Å². The van der Waals surface area contributed by atoms with Crippen LogP contribution in [-0.4, -0.2) is 4.57 Å². The summed E-state index contributed by atoms with van der Waals surface area (Å²) in [6.45, 7) is 5.81. The van der Waals surface area contributed by atoms with Gasteiger partial charge in [0.25, 0.3) is 5.82 Å². The Morgan fingerprint density at radius 1 is 0.586 bits per heavy atom. The summed E-state index contributed by atoms with van der Waals surface area (Å²) in [6.07, 6.45) is 32.7. The third-order valence-electron chi connectivity index (χ3n) is 6.47. The highest BCUT2D eigenvalue weighted by Gasteiger charge is 2.13. The maximum atomic E-state index is 2.52. The second-order valence-corrected chi connectivity index (χ2v) is 9.28. The predicted molar refractivity (Wildman–Crippen MR) is 128 cm³/mol. The minimum atomic E-state index is 1.21. The van der Waals surface area contributed by atoms with Crippen molar-refractivity contribution in [3.8, 4) is 0 Å². The van der Waals surface area contributed by atoms with Crippen LogP contribution in [0.1, 0.15) is 142 Å². The number of aryl methyl sites for hydroxylation is 2. The van der Waals surface area contributed by atoms with Crippen LogP contribution in [0.15, 0.2) is 12.4 Å². The van der Waals surface area contributed by atoms with Gasteiger partial charge >= 0.3 is 0 Å². The molecule has 0 aromatic carbocycles. The summed E-state index contributed by atoms with van der Waals surface area (Å²) in [5.74, 6) is 1.53. The minimum absolute atomic E-state index is 1.21. The Bertz CT molecular complexity index is 463. The molecule has 170 valence electrons. The zero-order valence-electron chi connectivity index (χ0n) is 20.4. The van der Waals surface area contributed by atoms with Gasteiger partial charge in [-0.1, -0.05) is 117 Å². The van der Waals surface area contributed by atoms with Crippen LogP contribution in [0.5, 0.6) is 0 Å². The fourth-order valence-electron chi connectivity index (χ4n) is 4.44. The average Bonchev–Trinajstić information content (AvgIpc) is 3.07. The quantitative estimate of drug-likeness (QED) is 0.144. The van der Waals surface area contributed by atoms with Crippen molar-refractivity contribution < 1.29 is 4.57 Å². The van der Waals surface area contributed by atoms with Gasteiger partial charge in [0.05, 0.1) is 13.6 Å². The number of unbranched alkanes of at least 4 members (excludes halogenated alkanes) is 17. The first-order valence-electron chi connectivity index (χ1n) is 13.3. The Morgan fingerprint density at radius 2 is 1.00 bits per heavy atom. The van der Waals surface area contributed by atoms with Gasteiger partial charge in [-0.3, -0.25) is 0 Å². The average molecular weight is 406 g/mol. The van der Waals surface area contributed by atoms with Crippen LogP contribution in [0.4, 0.5) is 0 Å². The molecular formula is C27H53N2+. The van der Waals surface area contributed by atoms with Crippen molar-refractivity contribution in [1.29, 1.82) is 0 Å². The van der Waals surface area contributed by atoms with E-state index < -0.39 is 0 Å². The highest BCUT2D eigenvalue weighted by Crippen LogP contribution is 2.13. The lowest BCUT2D eigenvalue weighted by Crippen LogP contribution is -2.32. The molecule has 0 radical (unpaired) electrons. The Balaban J connectivity index is 2.04. The highest BCUT2D eigenvalue weighted by atomic mass is 15.1. The van der Waals surface area contributed by atoms with Gasteiger partial charge in [0.1, 0.15) is 12.4 Å². The summed E-state index contributed by atoms with van der Waals surface area (Å²) in [6, 6.07) is 0. The van der Waals surface area contributed by atoms with E-state index >= 15 is 0 Å². The van der Waals surface area contributed by atoms with Crippen molar-refractivity contribution in [3.63, 3.8) is 0 Å². The van der Waals surface area contributed by atoms with Crippen molar-refractivity contribution in [3.05, 3.63) is 18.2 Å². The number of rotatable bonds is 21. The normalized spacial score (nSPS) is 11.4. The number of hydrogen-bond donors (Lipinski definition) is 0. The molecule has 0 N–H and O–H groups in total. The molecule has 1 aromatic rings. The van der Waals surface area contributed by atoms with Gasteiger partial charge in [-0.15, -0.1) is 0 Å². The molecule has 2 heteroatoms. The molecule has 1 aromatic heterocycles. The zero-order chi connectivity index (χ0) is 21.0. The van der Waals surface area contributed by atoms with Crippen molar-refractivity contribution >= 4 is 0 Å². The van der Waals surface area contributed by atoms with Crippen LogP contribution < -0.4 is 4.57 Å². The van der Waals surface area contributed by atoms with E-state index in [1.807, 2.05) is 0 Å². The van der Waals surface area contributed by atoms with Crippen molar-refractivity contribution in [2.45, 2.75) is 149 Å². The second-order valence-electron chi connectivity index (χ2n) is 9.28. The number of hydrogen-bond acceptors (Lipinski definition) is 0. The Hall–Kier alpha value is -0.790. The summed E-state index contributed by atoms with van der Waals surface area (Å²) in [4.78, 5) is 0. The summed E-state index contributed by atoms with van der Waals surface area (Å²) in [7, 11) is 2.22. The van der Waals surface area contributed by atoms with Crippen LogP contribution in [0.25, 0.3) is 0 Å². The van der Waals surface area contributed by atoms with Crippen LogP contribution in [0, 0.1) is 0 Å². The third kappa shape index (κ3) is 13.9. The summed E-state index contributed by atoms with van der Waals surface area (Å²) >= 11 is 0. The molecule has 2 nitrogen and oxygen atoms in total. The summed E-state index contributed by atoms with van der Waals surface area (Å²) in [5, 5.41) is 0. The SMILES string of the molecule is CCCCCCCCCCCCn1cc[n+](C)c1CCCCCCCCCCC. The standard InChI is InChI=1S/C27H53N2/c1-4-6-8-10-12-14-16-18-20-22-24-29-26-25-28(3)27(29)23-21-19-17-15-13-11-9-7-5-2/h25-26H,4-24H2,1-3H3/q+1. The Kier molecular flexibility index (Phi) is 17.4. The first kappa shape index (κ1) is 26.2. The van der Waals surface area contributed by atoms with E-state index in [0.29, 0.717) is 0 Å². The lowest BCUT2D eigenvalue weighted by atomic mass is 10.1. The molecule has 0 fully saturated rings. The molecule has 0 aliphatic carbocycles. The van der Waals surface area contributed by atoms with E-state index in [4.69, 9.17) is 0 Å². The maximum absolute atomic E-state index is 2.52. The number of aromatic nitrogens is 2. The molecule has 1 heterocycles. The van der Waals surface area contributed by atoms with Crippen LogP contribution >= 0.6 is 0 Å². The van der Waals surface area contributed by atoms with Crippen LogP contribution in [0.3, 0.4) is 0 Å². The largest absolute Gasteiger partial charge is 0.256 e. The Labute approximate surface area is 183 Å². The molecule has 0 bridgehead atoms. The fraction of sp³-hybridized carbons (Fsp3) is 0.889. The molecular weight excluding hydrogens is 352 g/mol. The summed E-state index contributed by atoms with van der Waals surface area (Å²) in [5.41, 5.74) is 0. The molecule has 0 amide bonds. The van der Waals surface area contributed by atoms with Gasteiger partial charge in [0, 0.05) is 6.42 Å². The topological polar surface area (TPSA) is 8.81 Å². The monoisotopic (exact) mass is 405 g/mol. The lowest BCUT2D eigenvalue weighted by Gasteiger charge is -2.05. The van der Waals surface area contributed by atoms with E-state index in [0.717, 1.165) is 0 Å². The van der Waals surface area contributed by atoms with Crippen molar-refractivity contribution in [2.24, 2.45) is 7.05 Å². The van der Waals surface area contributed by atoms with E-state index in [-0.39, 0.29) is 0 Å². The van der Waals surface area contributed by atoms with Crippen LogP contribution in [-0.2, 0) is 20.0 Å². The van der Waals surface area contributed by atoms with Gasteiger partial charge in [0.2, 0.25) is 0 Å². The van der Waals surface area contributed by atoms with E-state index in [2.05, 4.69) is 42.4 Å². The van der Waals surface area contributed by atoms with E-state index in [9.17, 15) is 0 Å². The minimum Gasteiger partial charge on any atom is -0.237 e. The molecule has 29 heavy (non-hydrogen) atoms. The highest BCUT2D eigenvalue weighted by molar-refractivity contribution is 4.84. The van der Waals surface area contributed by atoms with Crippen molar-refractivity contribution in [1.82, 2.24) is 4.57 Å². The molecule has 0 spiro atoms. The molecule has 0 saturated heterocycles. The zero-order valence-corrected chi connectivity index (χ0v) is 20.4. The second kappa shape index (κ2) is 19.2. The smallest absolute Gasteiger partial charge is 0.237 e. The fourth-order valence-corrected chi connectivity index (χ4v) is 4.44. The summed E-state index contributed by atoms with van der Waals surface area (Å²) < 4.78 is 4.87. The maximum Gasteiger partial charge on any atom is 0.256 e. The van der Waals surface area contributed by atoms with Gasteiger partial charge in [-0.05, 0) is 19.3 Å². The predicted octanol–water partition coefficient (Wildman–Crippen LogP) is 8.31. The van der Waals surface area contributed by atoms with Gasteiger partial charge in [-0.2, -0.15) is 0 Å². The molecule has 1 rings (SSSR count). The Morgan fingerprint density at radius 3 is 1.48 bits per heavy atom. The molecule has 0 aliphatic rings. The van der Waals surface area contributed by atoms with Crippen LogP contribution in [0.2, 0.25) is 0 Å². The van der Waals surface area contributed by atoms with E-state index in [1.54, 1.807) is 0 Å². The first-order valence-corrected chi connectivity index (χ1v) is 13.3. The lowest BCUT2D eigenvalue weighted by molar-refractivity contribution is -0.678. The molecule has 0 saturated carbocycles. The number of imidazole rings is 1. The molecule has 0 aliphatic heterocycles. The van der Waals surface area contributed by atoms with E-state index in [1.165, 1.54) is 141 Å². The molecule has 0 unspecified atom stereocenters. The molecule has 0 atom stereocenters. The third-order valence-corrected chi connectivity index (χ3v) is 6.47. The first-order chi connectivity index (χ1) is 14.3. The van der Waals surface area contributed by atoms with Crippen molar-refractivity contribution in [2.75, 3.05) is 0 Å². The van der Waals surface area contributed by atoms with Gasteiger partial charge in [-0.25, -0.2) is 9.13 Å². The number of nitrogens with zero attached hydrogens (tertiary/aromatic N) is 2. The van der Waals surface area contributed by atoms with Gasteiger partial charge < -0.3 is 0 Å².